The van der Waals surface area contributed by atoms with Crippen molar-refractivity contribution in [1.29, 1.82) is 0 Å². The van der Waals surface area contributed by atoms with Crippen molar-refractivity contribution >= 4 is 5.78 Å². The van der Waals surface area contributed by atoms with Gasteiger partial charge in [0.25, 0.3) is 0 Å². The van der Waals surface area contributed by atoms with Crippen LogP contribution in [-0.4, -0.2) is 30.7 Å². The second-order valence-electron chi connectivity index (χ2n) is 5.17. The van der Waals surface area contributed by atoms with Crippen molar-refractivity contribution in [3.8, 4) is 5.75 Å². The molecule has 0 N–H and O–H groups in total. The van der Waals surface area contributed by atoms with Crippen LogP contribution in [0.4, 0.5) is 26.3 Å². The monoisotopic (exact) mass is 425 g/mol. The molecule has 1 aromatic heterocycles. The van der Waals surface area contributed by atoms with E-state index >= 15 is 0 Å². The lowest BCUT2D eigenvalue weighted by atomic mass is 10.0. The van der Waals surface area contributed by atoms with Crippen LogP contribution in [0.3, 0.4) is 0 Å². The molecule has 0 radical (unpaired) electrons. The Morgan fingerprint density at radius 2 is 1.72 bits per heavy atom. The molecule has 0 saturated heterocycles. The highest BCUT2D eigenvalue weighted by molar-refractivity contribution is 5.99. The van der Waals surface area contributed by atoms with Crippen molar-refractivity contribution < 1.29 is 40.6 Å². The fourth-order valence-electron chi connectivity index (χ4n) is 1.76. The van der Waals surface area contributed by atoms with E-state index in [0.29, 0.717) is 6.07 Å². The first-order valence-electron chi connectivity index (χ1n) is 8.24. The number of allylic oxidation sites excluding steroid dienone is 3. The van der Waals surface area contributed by atoms with Gasteiger partial charge >= 0.3 is 12.4 Å². The summed E-state index contributed by atoms with van der Waals surface area (Å²) in [4.78, 5) is 15.0. The number of carbonyl (C=O) groups excluding carboxylic acids is 1. The Morgan fingerprint density at radius 1 is 1.14 bits per heavy atom. The largest absolute Gasteiger partial charge is 0.456 e. The highest BCUT2D eigenvalue weighted by Crippen LogP contribution is 2.30. The topological polar surface area (TPSA) is 48.4 Å². The summed E-state index contributed by atoms with van der Waals surface area (Å²) >= 11 is 0. The summed E-state index contributed by atoms with van der Waals surface area (Å²) in [6.45, 7) is 7.58. The number of hydrogen-bond acceptors (Lipinski definition) is 4. The zero-order valence-electron chi connectivity index (χ0n) is 16.2. The zero-order valence-corrected chi connectivity index (χ0v) is 16.2. The summed E-state index contributed by atoms with van der Waals surface area (Å²) in [5.41, 5.74) is -2.92. The molecule has 1 aromatic rings. The minimum absolute atomic E-state index is 0.112. The van der Waals surface area contributed by atoms with Crippen LogP contribution in [0, 0.1) is 0 Å². The van der Waals surface area contributed by atoms with Crippen LogP contribution in [0.5, 0.6) is 5.75 Å². The van der Waals surface area contributed by atoms with Gasteiger partial charge in [-0.3, -0.25) is 4.79 Å². The molecule has 0 aliphatic heterocycles. The second kappa shape index (κ2) is 11.4. The summed E-state index contributed by atoms with van der Waals surface area (Å²) in [6, 6.07) is 1.65. The molecular weight excluding hydrogens is 404 g/mol. The summed E-state index contributed by atoms with van der Waals surface area (Å²) in [7, 11) is 1.15. The molecule has 0 spiro atoms. The Labute approximate surface area is 164 Å². The first-order valence-corrected chi connectivity index (χ1v) is 8.24. The van der Waals surface area contributed by atoms with Crippen LogP contribution in [0.1, 0.15) is 26.5 Å². The van der Waals surface area contributed by atoms with Gasteiger partial charge in [-0.15, -0.1) is 0 Å². The molecule has 29 heavy (non-hydrogen) atoms. The number of methoxy groups -OCH3 is 1. The van der Waals surface area contributed by atoms with Crippen molar-refractivity contribution in [3.63, 3.8) is 0 Å². The summed E-state index contributed by atoms with van der Waals surface area (Å²) in [6.07, 6.45) is -6.73. The SMILES string of the molecule is C=C(/C=C\C(C(=O)COC)=C(/C)C(F)(F)F)Oc1ccc(C(F)(F)F)nc1.CC. The van der Waals surface area contributed by atoms with Gasteiger partial charge in [-0.05, 0) is 31.2 Å². The van der Waals surface area contributed by atoms with Crippen molar-refractivity contribution in [1.82, 2.24) is 4.98 Å². The van der Waals surface area contributed by atoms with Crippen molar-refractivity contribution in [2.45, 2.75) is 33.1 Å². The van der Waals surface area contributed by atoms with E-state index in [1.165, 1.54) is 0 Å². The molecule has 0 aliphatic carbocycles. The standard InChI is InChI=1S/C17H15F6NO3.C2H6/c1-10(27-12-5-7-15(24-8-12)17(21,22)23)4-6-13(14(25)9-26-3)11(2)16(18,19)20;1-2/h4-8H,1,9H2,2-3H3;1-2H3/b6-4-,13-11-;. The number of ether oxygens (including phenoxy) is 2. The average Bonchev–Trinajstić information content (AvgIpc) is 2.62. The molecule has 10 heteroatoms. The molecule has 0 aliphatic rings. The third-order valence-electron chi connectivity index (χ3n) is 3.12. The molecule has 1 rings (SSSR count). The highest BCUT2D eigenvalue weighted by atomic mass is 19.4. The lowest BCUT2D eigenvalue weighted by molar-refractivity contribution is -0.141. The number of ketones is 1. The highest BCUT2D eigenvalue weighted by Gasteiger charge is 2.34. The van der Waals surface area contributed by atoms with Gasteiger partial charge in [0, 0.05) is 18.3 Å². The Bertz CT molecular complexity index is 747. The van der Waals surface area contributed by atoms with Gasteiger partial charge in [0.15, 0.2) is 5.78 Å². The Balaban J connectivity index is 0.00000379. The molecule has 0 fully saturated rings. The smallest absolute Gasteiger partial charge is 0.433 e. The maximum absolute atomic E-state index is 12.9. The van der Waals surface area contributed by atoms with E-state index in [-0.39, 0.29) is 11.5 Å². The number of pyridine rings is 1. The Kier molecular flexibility index (Phi) is 10.4. The maximum atomic E-state index is 12.9. The van der Waals surface area contributed by atoms with Gasteiger partial charge in [-0.25, -0.2) is 4.98 Å². The maximum Gasteiger partial charge on any atom is 0.433 e. The van der Waals surface area contributed by atoms with E-state index < -0.39 is 41.6 Å². The van der Waals surface area contributed by atoms with Gasteiger partial charge in [0.1, 0.15) is 23.8 Å². The minimum atomic E-state index is -4.73. The third-order valence-corrected chi connectivity index (χ3v) is 3.12. The van der Waals surface area contributed by atoms with Crippen LogP contribution in [0.15, 0.2) is 54.0 Å². The number of halogens is 6. The first-order chi connectivity index (χ1) is 13.4. The fraction of sp³-hybridized carbons (Fsp3) is 0.368. The molecule has 0 amide bonds. The van der Waals surface area contributed by atoms with Gasteiger partial charge < -0.3 is 9.47 Å². The summed E-state index contributed by atoms with van der Waals surface area (Å²) in [5, 5.41) is 0. The fourth-order valence-corrected chi connectivity index (χ4v) is 1.76. The molecule has 4 nitrogen and oxygen atoms in total. The normalized spacial score (nSPS) is 12.8. The van der Waals surface area contributed by atoms with E-state index in [2.05, 4.69) is 16.3 Å². The molecule has 0 saturated carbocycles. The second-order valence-corrected chi connectivity index (χ2v) is 5.17. The predicted octanol–water partition coefficient (Wildman–Crippen LogP) is 5.67. The van der Waals surface area contributed by atoms with E-state index in [4.69, 9.17) is 4.74 Å². The number of carbonyl (C=O) groups is 1. The van der Waals surface area contributed by atoms with Crippen LogP contribution in [0.2, 0.25) is 0 Å². The number of hydrogen-bond donors (Lipinski definition) is 0. The molecule has 0 atom stereocenters. The van der Waals surface area contributed by atoms with Crippen molar-refractivity contribution in [2.75, 3.05) is 13.7 Å². The molecule has 0 bridgehead atoms. The number of aromatic nitrogens is 1. The summed E-state index contributed by atoms with van der Waals surface area (Å²) in [5.74, 6) is -1.24. The third kappa shape index (κ3) is 8.95. The van der Waals surface area contributed by atoms with Crippen molar-refractivity contribution in [3.05, 3.63) is 59.7 Å². The lowest BCUT2D eigenvalue weighted by Gasteiger charge is -2.11. The molecule has 1 heterocycles. The number of alkyl halides is 6. The minimum Gasteiger partial charge on any atom is -0.456 e. The number of rotatable bonds is 7. The van der Waals surface area contributed by atoms with E-state index in [9.17, 15) is 31.1 Å². The van der Waals surface area contributed by atoms with E-state index in [0.717, 1.165) is 38.4 Å². The average molecular weight is 425 g/mol. The molecular formula is C19H21F6NO3. The van der Waals surface area contributed by atoms with Crippen LogP contribution >= 0.6 is 0 Å². The number of nitrogens with zero attached hydrogens (tertiary/aromatic N) is 1. The molecule has 162 valence electrons. The Hall–Kier alpha value is -2.62. The van der Waals surface area contributed by atoms with Crippen LogP contribution in [0.25, 0.3) is 0 Å². The van der Waals surface area contributed by atoms with E-state index in [1.54, 1.807) is 0 Å². The van der Waals surface area contributed by atoms with Gasteiger partial charge in [0.2, 0.25) is 0 Å². The van der Waals surface area contributed by atoms with Gasteiger partial charge in [0.05, 0.1) is 6.20 Å². The first kappa shape index (κ1) is 26.4. The van der Waals surface area contributed by atoms with E-state index in [1.807, 2.05) is 13.8 Å². The number of Topliss-reactive ketones (excluding diaryl/α,β-unsaturated/α-hetero) is 1. The molecule has 0 aromatic carbocycles. The quantitative estimate of drug-likeness (QED) is 0.245. The van der Waals surface area contributed by atoms with Gasteiger partial charge in [-0.1, -0.05) is 20.4 Å². The zero-order chi connectivity index (χ0) is 22.8. The van der Waals surface area contributed by atoms with Crippen LogP contribution in [-0.2, 0) is 15.7 Å². The molecule has 0 unspecified atom stereocenters. The van der Waals surface area contributed by atoms with Crippen molar-refractivity contribution in [2.24, 2.45) is 0 Å². The predicted molar refractivity (Wildman–Crippen MR) is 95.1 cm³/mol. The Morgan fingerprint density at radius 3 is 2.14 bits per heavy atom. The lowest BCUT2D eigenvalue weighted by Crippen LogP contribution is -2.18. The van der Waals surface area contributed by atoms with Gasteiger partial charge in [-0.2, -0.15) is 26.3 Å². The van der Waals surface area contributed by atoms with Crippen LogP contribution < -0.4 is 4.74 Å². The summed E-state index contributed by atoms with van der Waals surface area (Å²) < 4.78 is 85.5.